The molecular formula is C12H9ClFNOS. The van der Waals surface area contributed by atoms with E-state index in [1.165, 1.54) is 29.5 Å². The van der Waals surface area contributed by atoms with Gasteiger partial charge in [-0.25, -0.2) is 4.39 Å². The minimum absolute atomic E-state index is 0.166. The third-order valence-electron chi connectivity index (χ3n) is 2.12. The van der Waals surface area contributed by atoms with E-state index in [1.807, 2.05) is 17.5 Å². The highest BCUT2D eigenvalue weighted by Crippen LogP contribution is 2.22. The summed E-state index contributed by atoms with van der Waals surface area (Å²) in [7, 11) is 0. The molecule has 5 heteroatoms. The molecule has 0 unspecified atom stereocenters. The van der Waals surface area contributed by atoms with Gasteiger partial charge >= 0.3 is 0 Å². The van der Waals surface area contributed by atoms with Gasteiger partial charge in [0.05, 0.1) is 17.1 Å². The average Bonchev–Trinajstić information content (AvgIpc) is 2.75. The molecule has 2 nitrogen and oxygen atoms in total. The van der Waals surface area contributed by atoms with Crippen molar-refractivity contribution in [3.05, 3.63) is 51.4 Å². The molecule has 1 heterocycles. The van der Waals surface area contributed by atoms with Crippen molar-refractivity contribution in [3.63, 3.8) is 0 Å². The molecule has 1 N–H and O–H groups in total. The van der Waals surface area contributed by atoms with Crippen LogP contribution in [0.15, 0.2) is 35.7 Å². The SMILES string of the molecule is O=C(Cc1cccs1)Nc1ccc(F)cc1Cl. The van der Waals surface area contributed by atoms with E-state index < -0.39 is 5.82 Å². The highest BCUT2D eigenvalue weighted by atomic mass is 35.5. The maximum Gasteiger partial charge on any atom is 0.229 e. The molecule has 2 aromatic rings. The van der Waals surface area contributed by atoms with Crippen LogP contribution in [0.2, 0.25) is 5.02 Å². The van der Waals surface area contributed by atoms with Crippen LogP contribution >= 0.6 is 22.9 Å². The molecule has 1 aromatic heterocycles. The van der Waals surface area contributed by atoms with Crippen molar-refractivity contribution < 1.29 is 9.18 Å². The van der Waals surface area contributed by atoms with Crippen molar-refractivity contribution >= 4 is 34.5 Å². The first-order valence-corrected chi connectivity index (χ1v) is 6.18. The molecule has 0 atom stereocenters. The fraction of sp³-hybridized carbons (Fsp3) is 0.0833. The summed E-state index contributed by atoms with van der Waals surface area (Å²) in [4.78, 5) is 12.6. The number of nitrogens with one attached hydrogen (secondary N) is 1. The fourth-order valence-corrected chi connectivity index (χ4v) is 2.27. The highest BCUT2D eigenvalue weighted by molar-refractivity contribution is 7.10. The van der Waals surface area contributed by atoms with Crippen molar-refractivity contribution in [2.45, 2.75) is 6.42 Å². The summed E-state index contributed by atoms with van der Waals surface area (Å²) in [6.07, 6.45) is 0.297. The summed E-state index contributed by atoms with van der Waals surface area (Å²) in [5.41, 5.74) is 0.426. The molecule has 0 spiro atoms. The number of rotatable bonds is 3. The molecule has 0 saturated carbocycles. The Kier molecular flexibility index (Phi) is 3.76. The first-order valence-electron chi connectivity index (χ1n) is 4.92. The second-order valence-electron chi connectivity index (χ2n) is 3.43. The van der Waals surface area contributed by atoms with Gasteiger partial charge in [0, 0.05) is 4.88 Å². The lowest BCUT2D eigenvalue weighted by Crippen LogP contribution is -2.14. The first-order chi connectivity index (χ1) is 8.15. The van der Waals surface area contributed by atoms with Crippen LogP contribution in [0.5, 0.6) is 0 Å². The van der Waals surface area contributed by atoms with Gasteiger partial charge in [-0.3, -0.25) is 4.79 Å². The number of hydrogen-bond acceptors (Lipinski definition) is 2. The second-order valence-corrected chi connectivity index (χ2v) is 4.87. The quantitative estimate of drug-likeness (QED) is 0.904. The molecule has 0 saturated heterocycles. The summed E-state index contributed by atoms with van der Waals surface area (Å²) >= 11 is 7.32. The predicted octanol–water partition coefficient (Wildman–Crippen LogP) is 3.72. The Morgan fingerprint density at radius 2 is 2.24 bits per heavy atom. The Hall–Kier alpha value is -1.39. The summed E-state index contributed by atoms with van der Waals surface area (Å²) in [6.45, 7) is 0. The van der Waals surface area contributed by atoms with Gasteiger partial charge in [-0.1, -0.05) is 17.7 Å². The zero-order valence-corrected chi connectivity index (χ0v) is 10.3. The molecule has 1 amide bonds. The number of amides is 1. The van der Waals surface area contributed by atoms with E-state index in [0.29, 0.717) is 12.1 Å². The van der Waals surface area contributed by atoms with E-state index in [9.17, 15) is 9.18 Å². The number of benzene rings is 1. The minimum atomic E-state index is -0.425. The van der Waals surface area contributed by atoms with Crippen LogP contribution < -0.4 is 5.32 Å². The van der Waals surface area contributed by atoms with Gasteiger partial charge in [0.25, 0.3) is 0 Å². The summed E-state index contributed by atoms with van der Waals surface area (Å²) < 4.78 is 12.8. The molecule has 1 aromatic carbocycles. The average molecular weight is 270 g/mol. The lowest BCUT2D eigenvalue weighted by Gasteiger charge is -2.06. The monoisotopic (exact) mass is 269 g/mol. The van der Waals surface area contributed by atoms with Crippen molar-refractivity contribution in [2.24, 2.45) is 0 Å². The van der Waals surface area contributed by atoms with Crippen LogP contribution in [0.1, 0.15) is 4.88 Å². The van der Waals surface area contributed by atoms with Crippen LogP contribution in [0, 0.1) is 5.82 Å². The molecule has 17 heavy (non-hydrogen) atoms. The van der Waals surface area contributed by atoms with Crippen molar-refractivity contribution in [1.29, 1.82) is 0 Å². The Bertz CT molecular complexity index is 527. The van der Waals surface area contributed by atoms with Gasteiger partial charge < -0.3 is 5.32 Å². The van der Waals surface area contributed by atoms with Crippen molar-refractivity contribution in [3.8, 4) is 0 Å². The van der Waals surface area contributed by atoms with Gasteiger partial charge in [0.15, 0.2) is 0 Å². The van der Waals surface area contributed by atoms with Crippen LogP contribution in [-0.2, 0) is 11.2 Å². The third kappa shape index (κ3) is 3.28. The molecule has 2 rings (SSSR count). The zero-order chi connectivity index (χ0) is 12.3. The lowest BCUT2D eigenvalue weighted by atomic mass is 10.3. The Labute approximate surface area is 107 Å². The van der Waals surface area contributed by atoms with Crippen LogP contribution in [0.4, 0.5) is 10.1 Å². The van der Waals surface area contributed by atoms with E-state index in [2.05, 4.69) is 5.32 Å². The molecule has 0 bridgehead atoms. The van der Waals surface area contributed by atoms with Gasteiger partial charge in [0.2, 0.25) is 5.91 Å². The molecule has 0 fully saturated rings. The number of halogens is 2. The minimum Gasteiger partial charge on any atom is -0.324 e. The fourth-order valence-electron chi connectivity index (χ4n) is 1.36. The number of hydrogen-bond donors (Lipinski definition) is 1. The van der Waals surface area contributed by atoms with Gasteiger partial charge in [-0.05, 0) is 29.6 Å². The van der Waals surface area contributed by atoms with E-state index in [-0.39, 0.29) is 10.9 Å². The largest absolute Gasteiger partial charge is 0.324 e. The molecular weight excluding hydrogens is 261 g/mol. The molecule has 0 aliphatic rings. The Morgan fingerprint density at radius 3 is 2.88 bits per heavy atom. The Balaban J connectivity index is 2.03. The highest BCUT2D eigenvalue weighted by Gasteiger charge is 2.08. The zero-order valence-electron chi connectivity index (χ0n) is 8.74. The standard InChI is InChI=1S/C12H9ClFNOS/c13-10-6-8(14)3-4-11(10)15-12(16)7-9-2-1-5-17-9/h1-6H,7H2,(H,15,16). The summed E-state index contributed by atoms with van der Waals surface area (Å²) in [5.74, 6) is -0.591. The Morgan fingerprint density at radius 1 is 1.41 bits per heavy atom. The maximum atomic E-state index is 12.8. The third-order valence-corrected chi connectivity index (χ3v) is 3.31. The smallest absolute Gasteiger partial charge is 0.229 e. The normalized spacial score (nSPS) is 10.2. The van der Waals surface area contributed by atoms with Crippen LogP contribution in [-0.4, -0.2) is 5.91 Å². The summed E-state index contributed by atoms with van der Waals surface area (Å²) in [5, 5.41) is 4.75. The predicted molar refractivity (Wildman–Crippen MR) is 68.1 cm³/mol. The first kappa shape index (κ1) is 12.1. The van der Waals surface area contributed by atoms with Gasteiger partial charge in [-0.2, -0.15) is 0 Å². The summed E-state index contributed by atoms with van der Waals surface area (Å²) in [6, 6.07) is 7.65. The number of anilines is 1. The number of thiophene rings is 1. The van der Waals surface area contributed by atoms with Crippen LogP contribution in [0.25, 0.3) is 0 Å². The number of carbonyl (C=O) groups excluding carboxylic acids is 1. The van der Waals surface area contributed by atoms with Crippen LogP contribution in [0.3, 0.4) is 0 Å². The van der Waals surface area contributed by atoms with E-state index in [4.69, 9.17) is 11.6 Å². The molecule has 0 aliphatic carbocycles. The molecule has 0 radical (unpaired) electrons. The van der Waals surface area contributed by atoms with E-state index >= 15 is 0 Å². The van der Waals surface area contributed by atoms with Gasteiger partial charge in [-0.15, -0.1) is 11.3 Å². The van der Waals surface area contributed by atoms with Gasteiger partial charge in [0.1, 0.15) is 5.82 Å². The van der Waals surface area contributed by atoms with Crippen molar-refractivity contribution in [1.82, 2.24) is 0 Å². The molecule has 88 valence electrons. The number of carbonyl (C=O) groups is 1. The second kappa shape index (κ2) is 5.29. The molecule has 0 aliphatic heterocycles. The lowest BCUT2D eigenvalue weighted by molar-refractivity contribution is -0.115. The maximum absolute atomic E-state index is 12.8. The van der Waals surface area contributed by atoms with E-state index in [0.717, 1.165) is 4.88 Å². The van der Waals surface area contributed by atoms with E-state index in [1.54, 1.807) is 0 Å². The van der Waals surface area contributed by atoms with Crippen molar-refractivity contribution in [2.75, 3.05) is 5.32 Å². The topological polar surface area (TPSA) is 29.1 Å².